The highest BCUT2D eigenvalue weighted by molar-refractivity contribution is 5.91. The fraction of sp³-hybridized carbons (Fsp3) is 0.250. The van der Waals surface area contributed by atoms with Crippen LogP contribution in [0.3, 0.4) is 0 Å². The van der Waals surface area contributed by atoms with Gasteiger partial charge in [-0.2, -0.15) is 0 Å². The van der Waals surface area contributed by atoms with Gasteiger partial charge in [0, 0.05) is 43.8 Å². The second-order valence-electron chi connectivity index (χ2n) is 5.21. The van der Waals surface area contributed by atoms with Crippen LogP contribution in [0.25, 0.3) is 0 Å². The number of piperazine rings is 1. The van der Waals surface area contributed by atoms with Gasteiger partial charge in [0.25, 0.3) is 5.91 Å². The van der Waals surface area contributed by atoms with Gasteiger partial charge in [-0.3, -0.25) is 9.78 Å². The van der Waals surface area contributed by atoms with Crippen molar-refractivity contribution in [3.05, 3.63) is 54.1 Å². The zero-order chi connectivity index (χ0) is 15.5. The first-order chi connectivity index (χ1) is 10.6. The molecule has 2 N–H and O–H groups in total. The molecule has 0 aliphatic carbocycles. The average Bonchev–Trinajstić information content (AvgIpc) is 2.56. The SMILES string of the molecule is NC(=O)c1cc(N2CCN(c3ccc(F)cc3)CC2)ccn1. The molecule has 0 bridgehead atoms. The number of hydrogen-bond acceptors (Lipinski definition) is 4. The number of nitrogens with two attached hydrogens (primary N) is 1. The largest absolute Gasteiger partial charge is 0.368 e. The minimum Gasteiger partial charge on any atom is -0.368 e. The predicted molar refractivity (Wildman–Crippen MR) is 83.6 cm³/mol. The van der Waals surface area contributed by atoms with E-state index in [9.17, 15) is 9.18 Å². The summed E-state index contributed by atoms with van der Waals surface area (Å²) in [6, 6.07) is 10.1. The molecule has 5 nitrogen and oxygen atoms in total. The van der Waals surface area contributed by atoms with Crippen LogP contribution < -0.4 is 15.5 Å². The van der Waals surface area contributed by atoms with Crippen LogP contribution in [0.5, 0.6) is 0 Å². The summed E-state index contributed by atoms with van der Waals surface area (Å²) in [5.74, 6) is -0.745. The summed E-state index contributed by atoms with van der Waals surface area (Å²) in [6.45, 7) is 3.30. The molecule has 1 amide bonds. The first-order valence-electron chi connectivity index (χ1n) is 7.15. The summed E-state index contributed by atoms with van der Waals surface area (Å²) in [6.07, 6.45) is 1.60. The number of anilines is 2. The van der Waals surface area contributed by atoms with Crippen molar-refractivity contribution >= 4 is 17.3 Å². The molecule has 0 spiro atoms. The summed E-state index contributed by atoms with van der Waals surface area (Å²) in [7, 11) is 0. The van der Waals surface area contributed by atoms with E-state index in [4.69, 9.17) is 5.73 Å². The van der Waals surface area contributed by atoms with Crippen LogP contribution in [0, 0.1) is 5.82 Å². The molecule has 1 saturated heterocycles. The average molecular weight is 300 g/mol. The number of carbonyl (C=O) groups is 1. The Kier molecular flexibility index (Phi) is 3.91. The molecule has 22 heavy (non-hydrogen) atoms. The normalized spacial score (nSPS) is 15.0. The van der Waals surface area contributed by atoms with Gasteiger partial charge in [0.15, 0.2) is 0 Å². The third kappa shape index (κ3) is 3.00. The Hall–Kier alpha value is -2.63. The maximum Gasteiger partial charge on any atom is 0.267 e. The maximum atomic E-state index is 13.0. The molecule has 2 aromatic rings. The van der Waals surface area contributed by atoms with E-state index in [1.807, 2.05) is 6.07 Å². The Labute approximate surface area is 128 Å². The van der Waals surface area contributed by atoms with E-state index >= 15 is 0 Å². The Morgan fingerprint density at radius 1 is 1.00 bits per heavy atom. The van der Waals surface area contributed by atoms with Crippen molar-refractivity contribution in [1.82, 2.24) is 4.98 Å². The lowest BCUT2D eigenvalue weighted by Crippen LogP contribution is -2.46. The number of hydrogen-bond donors (Lipinski definition) is 1. The monoisotopic (exact) mass is 300 g/mol. The summed E-state index contributed by atoms with van der Waals surface area (Å²) < 4.78 is 13.0. The molecule has 2 heterocycles. The van der Waals surface area contributed by atoms with E-state index in [1.54, 1.807) is 24.4 Å². The van der Waals surface area contributed by atoms with Gasteiger partial charge in [0.05, 0.1) is 0 Å². The first-order valence-corrected chi connectivity index (χ1v) is 7.15. The molecule has 6 heteroatoms. The Morgan fingerprint density at radius 3 is 2.18 bits per heavy atom. The van der Waals surface area contributed by atoms with Crippen molar-refractivity contribution < 1.29 is 9.18 Å². The number of primary amides is 1. The van der Waals surface area contributed by atoms with Gasteiger partial charge in [0.1, 0.15) is 11.5 Å². The number of rotatable bonds is 3. The lowest BCUT2D eigenvalue weighted by atomic mass is 10.2. The Morgan fingerprint density at radius 2 is 1.59 bits per heavy atom. The van der Waals surface area contributed by atoms with Gasteiger partial charge in [-0.1, -0.05) is 0 Å². The molecule has 1 aromatic heterocycles. The van der Waals surface area contributed by atoms with Crippen LogP contribution in [-0.2, 0) is 0 Å². The molecule has 0 radical (unpaired) electrons. The maximum absolute atomic E-state index is 13.0. The molecule has 1 aliphatic heterocycles. The van der Waals surface area contributed by atoms with Crippen LogP contribution >= 0.6 is 0 Å². The molecule has 0 unspecified atom stereocenters. The fourth-order valence-corrected chi connectivity index (χ4v) is 2.63. The highest BCUT2D eigenvalue weighted by Gasteiger charge is 2.18. The summed E-state index contributed by atoms with van der Waals surface area (Å²) >= 11 is 0. The van der Waals surface area contributed by atoms with Crippen molar-refractivity contribution in [2.45, 2.75) is 0 Å². The molecule has 0 saturated carbocycles. The second kappa shape index (κ2) is 6.01. The standard InChI is InChI=1S/C16H17FN4O/c17-12-1-3-13(4-2-12)20-7-9-21(10-8-20)14-5-6-19-15(11-14)16(18)22/h1-6,11H,7-10H2,(H2,18,22). The summed E-state index contributed by atoms with van der Waals surface area (Å²) in [5, 5.41) is 0. The lowest BCUT2D eigenvalue weighted by molar-refractivity contribution is 0.0995. The molecule has 1 aliphatic rings. The lowest BCUT2D eigenvalue weighted by Gasteiger charge is -2.37. The van der Waals surface area contributed by atoms with E-state index in [1.165, 1.54) is 12.1 Å². The summed E-state index contributed by atoms with van der Waals surface area (Å²) in [5.41, 5.74) is 7.51. The van der Waals surface area contributed by atoms with E-state index in [-0.39, 0.29) is 11.5 Å². The smallest absolute Gasteiger partial charge is 0.267 e. The van der Waals surface area contributed by atoms with E-state index in [0.717, 1.165) is 37.6 Å². The molecule has 1 aromatic carbocycles. The zero-order valence-electron chi connectivity index (χ0n) is 12.1. The number of amides is 1. The number of halogens is 1. The Bertz CT molecular complexity index is 666. The molecule has 114 valence electrons. The molecular weight excluding hydrogens is 283 g/mol. The number of nitrogens with zero attached hydrogens (tertiary/aromatic N) is 3. The first kappa shape index (κ1) is 14.3. The van der Waals surface area contributed by atoms with Crippen molar-refractivity contribution in [3.63, 3.8) is 0 Å². The van der Waals surface area contributed by atoms with Gasteiger partial charge >= 0.3 is 0 Å². The minimum atomic E-state index is -0.521. The van der Waals surface area contributed by atoms with Crippen molar-refractivity contribution in [2.24, 2.45) is 5.73 Å². The second-order valence-corrected chi connectivity index (χ2v) is 5.21. The van der Waals surface area contributed by atoms with Crippen LogP contribution in [0.2, 0.25) is 0 Å². The fourth-order valence-electron chi connectivity index (χ4n) is 2.63. The predicted octanol–water partition coefficient (Wildman–Crippen LogP) is 1.65. The van der Waals surface area contributed by atoms with Crippen LogP contribution in [0.15, 0.2) is 42.6 Å². The quantitative estimate of drug-likeness (QED) is 0.936. The van der Waals surface area contributed by atoms with Gasteiger partial charge in [-0.05, 0) is 36.4 Å². The van der Waals surface area contributed by atoms with Gasteiger partial charge in [-0.25, -0.2) is 4.39 Å². The minimum absolute atomic E-state index is 0.224. The van der Waals surface area contributed by atoms with E-state index in [0.29, 0.717) is 0 Å². The highest BCUT2D eigenvalue weighted by atomic mass is 19.1. The summed E-state index contributed by atoms with van der Waals surface area (Å²) in [4.78, 5) is 19.6. The van der Waals surface area contributed by atoms with Crippen LogP contribution in [0.1, 0.15) is 10.5 Å². The van der Waals surface area contributed by atoms with Gasteiger partial charge < -0.3 is 15.5 Å². The number of benzene rings is 1. The Balaban J connectivity index is 1.67. The van der Waals surface area contributed by atoms with Crippen molar-refractivity contribution in [1.29, 1.82) is 0 Å². The highest BCUT2D eigenvalue weighted by Crippen LogP contribution is 2.21. The zero-order valence-corrected chi connectivity index (χ0v) is 12.1. The molecule has 3 rings (SSSR count). The number of aromatic nitrogens is 1. The third-order valence-corrected chi connectivity index (χ3v) is 3.83. The topological polar surface area (TPSA) is 62.5 Å². The van der Waals surface area contributed by atoms with Crippen molar-refractivity contribution in [3.8, 4) is 0 Å². The molecule has 1 fully saturated rings. The van der Waals surface area contributed by atoms with Crippen LogP contribution in [-0.4, -0.2) is 37.1 Å². The molecular formula is C16H17FN4O. The molecule has 0 atom stereocenters. The number of carbonyl (C=O) groups excluding carboxylic acids is 1. The van der Waals surface area contributed by atoms with E-state index in [2.05, 4.69) is 14.8 Å². The van der Waals surface area contributed by atoms with Gasteiger partial charge in [-0.15, -0.1) is 0 Å². The number of pyridine rings is 1. The third-order valence-electron chi connectivity index (χ3n) is 3.83. The van der Waals surface area contributed by atoms with E-state index < -0.39 is 5.91 Å². The van der Waals surface area contributed by atoms with Gasteiger partial charge in [0.2, 0.25) is 0 Å². The van der Waals surface area contributed by atoms with Crippen molar-refractivity contribution in [2.75, 3.05) is 36.0 Å². The van der Waals surface area contributed by atoms with Crippen LogP contribution in [0.4, 0.5) is 15.8 Å².